The van der Waals surface area contributed by atoms with Gasteiger partial charge in [0.05, 0.1) is 36.4 Å². The minimum absolute atomic E-state index is 0. The predicted molar refractivity (Wildman–Crippen MR) is 262 cm³/mol. The second-order valence-corrected chi connectivity index (χ2v) is 19.6. The van der Waals surface area contributed by atoms with Crippen molar-refractivity contribution in [2.75, 3.05) is 0 Å². The summed E-state index contributed by atoms with van der Waals surface area (Å²) in [5.74, 6) is 0.136. The van der Waals surface area contributed by atoms with Gasteiger partial charge in [0.2, 0.25) is 0 Å². The van der Waals surface area contributed by atoms with Crippen LogP contribution in [0, 0.1) is 68.0 Å². The van der Waals surface area contributed by atoms with E-state index in [-0.39, 0.29) is 108 Å². The Bertz CT molecular complexity index is 2030. The summed E-state index contributed by atoms with van der Waals surface area (Å²) >= 11 is 0. The number of hydrogen-bond acceptors (Lipinski definition) is 10. The van der Waals surface area contributed by atoms with Gasteiger partial charge < -0.3 is 20.4 Å². The molecule has 68 heavy (non-hydrogen) atoms. The fourth-order valence-electron chi connectivity index (χ4n) is 6.65. The van der Waals surface area contributed by atoms with Crippen molar-refractivity contribution in [2.45, 2.75) is 172 Å². The van der Waals surface area contributed by atoms with Crippen LogP contribution in [0.3, 0.4) is 0 Å². The van der Waals surface area contributed by atoms with Gasteiger partial charge in [-0.05, 0) is 66.2 Å². The van der Waals surface area contributed by atoms with E-state index >= 15 is 0 Å². The zero-order valence-corrected chi connectivity index (χ0v) is 44.8. The average Bonchev–Trinajstić information content (AvgIpc) is 3.17. The first-order valence-electron chi connectivity index (χ1n) is 21.6. The van der Waals surface area contributed by atoms with Gasteiger partial charge in [-0.1, -0.05) is 154 Å². The van der Waals surface area contributed by atoms with Gasteiger partial charge >= 0.3 is 37.7 Å². The van der Waals surface area contributed by atoms with Gasteiger partial charge in [-0.2, -0.15) is 31.6 Å². The number of benzene rings is 4. The van der Waals surface area contributed by atoms with Crippen LogP contribution in [0.4, 0.5) is 0 Å². The topological polar surface area (TPSA) is 229 Å². The molecule has 0 saturated heterocycles. The summed E-state index contributed by atoms with van der Waals surface area (Å²) in [5.41, 5.74) is 8.44. The van der Waals surface area contributed by atoms with Crippen molar-refractivity contribution in [1.82, 2.24) is 0 Å². The summed E-state index contributed by atoms with van der Waals surface area (Å²) < 4.78 is 0. The zero-order valence-electron chi connectivity index (χ0n) is 44.8. The smallest absolute Gasteiger partial charge is 0.872 e. The molecular formula is C56H72Li2N6O4. The van der Waals surface area contributed by atoms with Crippen molar-refractivity contribution in [3.05, 3.63) is 115 Å². The number of nitriles is 6. The Morgan fingerprint density at radius 3 is 0.574 bits per heavy atom. The van der Waals surface area contributed by atoms with Gasteiger partial charge in [0, 0.05) is 67.2 Å². The van der Waals surface area contributed by atoms with E-state index in [4.69, 9.17) is 31.6 Å². The minimum atomic E-state index is -0.225. The fraction of sp³-hybridized carbons (Fsp3) is 0.464. The van der Waals surface area contributed by atoms with Gasteiger partial charge in [0.1, 0.15) is 11.5 Å². The number of rotatable bonds is 0. The molecule has 0 heterocycles. The molecular weight excluding hydrogens is 835 g/mol. The van der Waals surface area contributed by atoms with E-state index in [1.165, 1.54) is 41.5 Å². The Balaban J connectivity index is -0.000000891. The monoisotopic (exact) mass is 907 g/mol. The predicted octanol–water partition coefficient (Wildman–Crippen LogP) is 6.30. The summed E-state index contributed by atoms with van der Waals surface area (Å²) in [7, 11) is 0. The molecule has 1 aliphatic carbocycles. The van der Waals surface area contributed by atoms with E-state index in [0.29, 0.717) is 44.5 Å². The molecule has 0 radical (unpaired) electrons. The van der Waals surface area contributed by atoms with Gasteiger partial charge in [-0.15, -0.1) is 11.5 Å². The first-order chi connectivity index (χ1) is 30.4. The molecule has 0 amide bonds. The second kappa shape index (κ2) is 31.3. The van der Waals surface area contributed by atoms with Crippen LogP contribution in [-0.4, -0.2) is 10.2 Å². The van der Waals surface area contributed by atoms with E-state index in [1.807, 2.05) is 48.5 Å². The Hall–Kier alpha value is -5.79. The van der Waals surface area contributed by atoms with Gasteiger partial charge in [0.15, 0.2) is 0 Å². The summed E-state index contributed by atoms with van der Waals surface area (Å²) in [4.78, 5) is 0. The van der Waals surface area contributed by atoms with Crippen molar-refractivity contribution in [1.29, 1.82) is 31.6 Å². The van der Waals surface area contributed by atoms with Crippen LogP contribution >= 0.6 is 0 Å². The van der Waals surface area contributed by atoms with Crippen molar-refractivity contribution >= 4 is 0 Å². The quantitative estimate of drug-likeness (QED) is 0.165. The van der Waals surface area contributed by atoms with Crippen LogP contribution in [0.15, 0.2) is 48.5 Å². The molecule has 5 rings (SSSR count). The van der Waals surface area contributed by atoms with Crippen LogP contribution in [0.25, 0.3) is 0 Å². The zero-order chi connectivity index (χ0) is 52.0. The summed E-state index contributed by atoms with van der Waals surface area (Å²) in [6.07, 6.45) is 1.04. The standard InChI is InChI=1S/C44H56O4.6C2H3N.2Li/c1-41(2,3)33-17-25-13-27-19-34(42(4,5)6)21-29(38(27)46)15-31-23-36(44(10,11)12)24-32(40(31)48)16-30-22-35(43(7,8)9)20-28(39(30)47)14-26(18-33)37(25)45;6*1-2-3;;/h17-24,45-48H,13-16H2,1-12H3;6*1H3;;/q;;;;;;;2*+1/p-2. The molecule has 0 atom stereocenters. The van der Waals surface area contributed by atoms with E-state index < -0.39 is 0 Å². The average molecular weight is 907 g/mol. The van der Waals surface area contributed by atoms with Gasteiger partial charge in [-0.3, -0.25) is 0 Å². The molecule has 0 unspecified atom stereocenters. The largest absolute Gasteiger partial charge is 1.00 e. The third kappa shape index (κ3) is 21.9. The number of hydrogen-bond donors (Lipinski definition) is 2. The normalized spacial score (nSPS) is 10.8. The minimum Gasteiger partial charge on any atom is -0.872 e. The molecule has 1 aliphatic rings. The van der Waals surface area contributed by atoms with Crippen molar-refractivity contribution in [3.8, 4) is 59.4 Å². The first-order valence-corrected chi connectivity index (χ1v) is 21.6. The third-order valence-corrected chi connectivity index (χ3v) is 10.0. The maximum atomic E-state index is 14.3. The molecule has 0 saturated carbocycles. The SMILES string of the molecule is CC#N.CC#N.CC#N.CC#N.CC#N.CC#N.CC(C)(C)c1cc2c([O-])c(c1)Cc1cc(C(C)(C)C)cc(c1O)Cc1cc(C(C)(C)C)cc(c1[O-])Cc1cc(C(C)(C)C)cc(c1O)C2.[Li+].[Li+]. The van der Waals surface area contributed by atoms with Crippen LogP contribution in [0.2, 0.25) is 0 Å². The van der Waals surface area contributed by atoms with E-state index in [0.717, 1.165) is 22.3 Å². The van der Waals surface area contributed by atoms with Crippen molar-refractivity contribution in [2.24, 2.45) is 0 Å². The number of phenolic OH excluding ortho intramolecular Hbond substituents is 2. The Morgan fingerprint density at radius 2 is 0.456 bits per heavy atom. The maximum Gasteiger partial charge on any atom is 1.00 e. The second-order valence-electron chi connectivity index (χ2n) is 19.6. The Kier molecular flexibility index (Phi) is 31.7. The van der Waals surface area contributed by atoms with E-state index in [9.17, 15) is 20.4 Å². The van der Waals surface area contributed by atoms with E-state index in [2.05, 4.69) is 83.1 Å². The molecule has 8 bridgehead atoms. The first kappa shape index (κ1) is 68.8. The third-order valence-electron chi connectivity index (χ3n) is 10.0. The molecule has 4 aromatic rings. The molecule has 352 valence electrons. The molecule has 0 spiro atoms. The Morgan fingerprint density at radius 1 is 0.338 bits per heavy atom. The number of nitrogens with zero attached hydrogens (tertiary/aromatic N) is 6. The molecule has 0 aliphatic heterocycles. The van der Waals surface area contributed by atoms with Crippen LogP contribution in [-0.2, 0) is 47.3 Å². The van der Waals surface area contributed by atoms with Crippen LogP contribution in [0.1, 0.15) is 191 Å². The molecule has 0 aromatic heterocycles. The Labute approximate surface area is 433 Å². The van der Waals surface area contributed by atoms with Crippen molar-refractivity contribution < 1.29 is 58.1 Å². The molecule has 0 fully saturated rings. The maximum absolute atomic E-state index is 14.3. The van der Waals surface area contributed by atoms with Gasteiger partial charge in [0.25, 0.3) is 0 Å². The van der Waals surface area contributed by atoms with E-state index in [1.54, 1.807) is 36.4 Å². The van der Waals surface area contributed by atoms with Gasteiger partial charge in [-0.25, -0.2) is 0 Å². The molecule has 12 heteroatoms. The number of fused-ring (bicyclic) bond motifs is 8. The fourth-order valence-corrected chi connectivity index (χ4v) is 6.65. The van der Waals surface area contributed by atoms with Crippen LogP contribution < -0.4 is 47.9 Å². The summed E-state index contributed by atoms with van der Waals surface area (Å²) in [5, 5.41) is 96.3. The summed E-state index contributed by atoms with van der Waals surface area (Å²) in [6.45, 7) is 34.2. The molecule has 10 nitrogen and oxygen atoms in total. The number of aromatic hydroxyl groups is 2. The molecule has 2 N–H and O–H groups in total. The summed E-state index contributed by atoms with van der Waals surface area (Å²) in [6, 6.07) is 26.5. The molecule has 4 aromatic carbocycles. The van der Waals surface area contributed by atoms with Crippen molar-refractivity contribution in [3.63, 3.8) is 0 Å². The number of phenols is 2. The van der Waals surface area contributed by atoms with Crippen LogP contribution in [0.5, 0.6) is 23.0 Å².